The summed E-state index contributed by atoms with van der Waals surface area (Å²) in [7, 11) is 0. The monoisotopic (exact) mass is 136 g/mol. The van der Waals surface area contributed by atoms with Crippen LogP contribution in [0.4, 0.5) is 0 Å². The summed E-state index contributed by atoms with van der Waals surface area (Å²) in [6, 6.07) is 3.67. The maximum Gasteiger partial charge on any atom is 0.0902 e. The van der Waals surface area contributed by atoms with Gasteiger partial charge in [-0.3, -0.25) is 0 Å². The van der Waals surface area contributed by atoms with Crippen molar-refractivity contribution in [2.75, 3.05) is 0 Å². The Kier molecular flexibility index (Phi) is 5.16. The lowest BCUT2D eigenvalue weighted by Crippen LogP contribution is -1.50. The predicted octanol–water partition coefficient (Wildman–Crippen LogP) is 3.03. The van der Waals surface area contributed by atoms with Gasteiger partial charge in [0.25, 0.3) is 0 Å². The van der Waals surface area contributed by atoms with Crippen molar-refractivity contribution in [3.05, 3.63) is 49.5 Å². The molecular formula is C9H12O. The van der Waals surface area contributed by atoms with Crippen molar-refractivity contribution in [2.24, 2.45) is 0 Å². The van der Waals surface area contributed by atoms with E-state index in [2.05, 4.69) is 17.6 Å². The molecule has 1 heteroatoms. The van der Waals surface area contributed by atoms with E-state index in [1.165, 1.54) is 0 Å². The van der Waals surface area contributed by atoms with Crippen LogP contribution in [-0.4, -0.2) is 0 Å². The fourth-order valence-corrected chi connectivity index (χ4v) is 0.227. The highest BCUT2D eigenvalue weighted by atomic mass is 16.3. The first kappa shape index (κ1) is 8.76. The Morgan fingerprint density at radius 3 is 1.90 bits per heavy atom. The first-order chi connectivity index (χ1) is 4.77. The second-order valence-corrected chi connectivity index (χ2v) is 1.84. The normalized spacial score (nSPS) is 7.30. The van der Waals surface area contributed by atoms with E-state index in [1.54, 1.807) is 18.6 Å². The molecule has 0 aromatic carbocycles. The third-order valence-electron chi connectivity index (χ3n) is 0.774. The molecule has 1 aromatic rings. The van der Waals surface area contributed by atoms with Crippen LogP contribution in [0.15, 0.2) is 53.9 Å². The number of hydrogen-bond donors (Lipinski definition) is 0. The van der Waals surface area contributed by atoms with Crippen molar-refractivity contribution >= 4 is 0 Å². The van der Waals surface area contributed by atoms with Crippen molar-refractivity contribution < 1.29 is 4.42 Å². The number of hydrogen-bond acceptors (Lipinski definition) is 1. The molecule has 10 heavy (non-hydrogen) atoms. The molecule has 0 amide bonds. The zero-order valence-electron chi connectivity index (χ0n) is 6.21. The number of furan rings is 1. The fourth-order valence-electron chi connectivity index (χ4n) is 0.227. The molecule has 0 spiro atoms. The van der Waals surface area contributed by atoms with E-state index >= 15 is 0 Å². The van der Waals surface area contributed by atoms with Crippen LogP contribution in [0.25, 0.3) is 0 Å². The van der Waals surface area contributed by atoms with Crippen molar-refractivity contribution in [1.82, 2.24) is 0 Å². The lowest BCUT2D eigenvalue weighted by Gasteiger charge is -1.71. The fraction of sp³-hybridized carbons (Fsp3) is 0.111. The second kappa shape index (κ2) is 5.89. The van der Waals surface area contributed by atoms with Gasteiger partial charge in [-0.25, -0.2) is 0 Å². The second-order valence-electron chi connectivity index (χ2n) is 1.84. The standard InChI is InChI=1S/C5H8.C4H4O/c1-4-5(2)3;1-2-4-5-3-1/h4H,1-2H2,3H3;1-4H. The molecule has 0 fully saturated rings. The molecule has 54 valence electrons. The number of rotatable bonds is 1. The molecular weight excluding hydrogens is 124 g/mol. The molecule has 0 N–H and O–H groups in total. The summed E-state index contributed by atoms with van der Waals surface area (Å²) in [6.07, 6.45) is 4.97. The summed E-state index contributed by atoms with van der Waals surface area (Å²) >= 11 is 0. The van der Waals surface area contributed by atoms with Gasteiger partial charge >= 0.3 is 0 Å². The minimum Gasteiger partial charge on any atom is -0.473 e. The van der Waals surface area contributed by atoms with Crippen LogP contribution in [0.3, 0.4) is 0 Å². The van der Waals surface area contributed by atoms with Crippen molar-refractivity contribution in [1.29, 1.82) is 0 Å². The SMILES string of the molecule is C=CC(=C)C.c1ccoc1. The van der Waals surface area contributed by atoms with E-state index in [1.807, 2.05) is 19.1 Å². The van der Waals surface area contributed by atoms with Gasteiger partial charge < -0.3 is 4.42 Å². The van der Waals surface area contributed by atoms with E-state index in [0.717, 1.165) is 5.57 Å². The zero-order valence-corrected chi connectivity index (χ0v) is 6.21. The highest BCUT2D eigenvalue weighted by molar-refractivity contribution is 5.05. The van der Waals surface area contributed by atoms with Crippen LogP contribution in [0.2, 0.25) is 0 Å². The largest absolute Gasteiger partial charge is 0.473 e. The maximum absolute atomic E-state index is 4.58. The van der Waals surface area contributed by atoms with Crippen LogP contribution < -0.4 is 0 Å². The van der Waals surface area contributed by atoms with Gasteiger partial charge in [0.05, 0.1) is 12.5 Å². The van der Waals surface area contributed by atoms with Crippen LogP contribution in [-0.2, 0) is 0 Å². The molecule has 1 rings (SSSR count). The Balaban J connectivity index is 0.000000162. The average Bonchev–Trinajstić information content (AvgIpc) is 2.43. The third-order valence-corrected chi connectivity index (χ3v) is 0.774. The molecule has 1 nitrogen and oxygen atoms in total. The summed E-state index contributed by atoms with van der Waals surface area (Å²) in [5.74, 6) is 0. The van der Waals surface area contributed by atoms with Gasteiger partial charge in [0, 0.05) is 0 Å². The van der Waals surface area contributed by atoms with Crippen molar-refractivity contribution in [3.8, 4) is 0 Å². The first-order valence-corrected chi connectivity index (χ1v) is 3.02. The van der Waals surface area contributed by atoms with E-state index in [4.69, 9.17) is 0 Å². The predicted molar refractivity (Wildman–Crippen MR) is 43.7 cm³/mol. The number of allylic oxidation sites excluding steroid dienone is 2. The van der Waals surface area contributed by atoms with Crippen molar-refractivity contribution in [3.63, 3.8) is 0 Å². The molecule has 0 bridgehead atoms. The van der Waals surface area contributed by atoms with Crippen LogP contribution in [0, 0.1) is 0 Å². The molecule has 1 aromatic heterocycles. The van der Waals surface area contributed by atoms with Crippen LogP contribution in [0.5, 0.6) is 0 Å². The minimum absolute atomic E-state index is 1.02. The smallest absolute Gasteiger partial charge is 0.0902 e. The Morgan fingerprint density at radius 1 is 1.40 bits per heavy atom. The van der Waals surface area contributed by atoms with Gasteiger partial charge in [-0.05, 0) is 19.1 Å². The molecule has 0 unspecified atom stereocenters. The van der Waals surface area contributed by atoms with Gasteiger partial charge in [-0.2, -0.15) is 0 Å². The van der Waals surface area contributed by atoms with Crippen molar-refractivity contribution in [2.45, 2.75) is 6.92 Å². The molecule has 0 saturated heterocycles. The Labute approximate surface area is 61.7 Å². The molecule has 0 aliphatic rings. The summed E-state index contributed by atoms with van der Waals surface area (Å²) < 4.78 is 4.58. The molecule has 1 heterocycles. The molecule has 0 saturated carbocycles. The van der Waals surface area contributed by atoms with E-state index in [0.29, 0.717) is 0 Å². The highest BCUT2D eigenvalue weighted by Gasteiger charge is 1.59. The molecule has 0 atom stereocenters. The highest BCUT2D eigenvalue weighted by Crippen LogP contribution is 1.81. The first-order valence-electron chi connectivity index (χ1n) is 3.02. The summed E-state index contributed by atoms with van der Waals surface area (Å²) in [5.41, 5.74) is 1.02. The van der Waals surface area contributed by atoms with Crippen LogP contribution >= 0.6 is 0 Å². The summed E-state index contributed by atoms with van der Waals surface area (Å²) in [4.78, 5) is 0. The topological polar surface area (TPSA) is 13.1 Å². The zero-order chi connectivity index (χ0) is 7.82. The van der Waals surface area contributed by atoms with E-state index in [-0.39, 0.29) is 0 Å². The van der Waals surface area contributed by atoms with E-state index in [9.17, 15) is 0 Å². The lowest BCUT2D eigenvalue weighted by atomic mass is 10.4. The van der Waals surface area contributed by atoms with Gasteiger partial charge in [0.1, 0.15) is 0 Å². The van der Waals surface area contributed by atoms with Gasteiger partial charge in [-0.15, -0.1) is 0 Å². The quantitative estimate of drug-likeness (QED) is 0.541. The maximum atomic E-state index is 4.58. The van der Waals surface area contributed by atoms with E-state index < -0.39 is 0 Å². The molecule has 0 radical (unpaired) electrons. The average molecular weight is 136 g/mol. The van der Waals surface area contributed by atoms with Gasteiger partial charge in [0.15, 0.2) is 0 Å². The lowest BCUT2D eigenvalue weighted by molar-refractivity contribution is 0.567. The minimum atomic E-state index is 1.02. The van der Waals surface area contributed by atoms with Crippen LogP contribution in [0.1, 0.15) is 6.92 Å². The third kappa shape index (κ3) is 6.76. The molecule has 0 aliphatic carbocycles. The summed E-state index contributed by atoms with van der Waals surface area (Å²) in [5, 5.41) is 0. The summed E-state index contributed by atoms with van der Waals surface area (Å²) in [6.45, 7) is 8.93. The molecule has 0 aliphatic heterocycles. The van der Waals surface area contributed by atoms with Gasteiger partial charge in [0.2, 0.25) is 0 Å². The Bertz CT molecular complexity index is 155. The Hall–Kier alpha value is -1.24. The van der Waals surface area contributed by atoms with Gasteiger partial charge in [-0.1, -0.05) is 24.8 Å². The Morgan fingerprint density at radius 2 is 1.80 bits per heavy atom.